The predicted octanol–water partition coefficient (Wildman–Crippen LogP) is 5.14. The lowest BCUT2D eigenvalue weighted by Gasteiger charge is -2.09. The number of halogens is 3. The third-order valence-corrected chi connectivity index (χ3v) is 4.43. The summed E-state index contributed by atoms with van der Waals surface area (Å²) in [5, 5.41) is 12.4. The van der Waals surface area contributed by atoms with Gasteiger partial charge >= 0.3 is 0 Å². The predicted molar refractivity (Wildman–Crippen MR) is 88.4 cm³/mol. The van der Waals surface area contributed by atoms with Gasteiger partial charge in [-0.2, -0.15) is 0 Å². The summed E-state index contributed by atoms with van der Waals surface area (Å²) in [7, 11) is 0. The molecule has 1 N–H and O–H groups in total. The van der Waals surface area contributed by atoms with Crippen molar-refractivity contribution in [3.63, 3.8) is 0 Å². The summed E-state index contributed by atoms with van der Waals surface area (Å²) in [4.78, 5) is 0. The molecule has 0 unspecified atom stereocenters. The molecule has 0 aliphatic heterocycles. The Morgan fingerprint density at radius 3 is 2.38 bits per heavy atom. The van der Waals surface area contributed by atoms with Gasteiger partial charge < -0.3 is 9.67 Å². The fourth-order valence-electron chi connectivity index (χ4n) is 2.45. The monoisotopic (exact) mass is 339 g/mol. The van der Waals surface area contributed by atoms with Gasteiger partial charge in [-0.3, -0.25) is 0 Å². The van der Waals surface area contributed by atoms with E-state index in [-0.39, 0.29) is 6.61 Å². The molecule has 0 spiro atoms. The minimum absolute atomic E-state index is 0.0264. The lowest BCUT2D eigenvalue weighted by Crippen LogP contribution is -1.99. The minimum atomic E-state index is -0.0264. The van der Waals surface area contributed by atoms with Crippen LogP contribution >= 0.6 is 34.8 Å². The molecular weight excluding hydrogens is 329 g/mol. The number of aliphatic hydroxyl groups excluding tert-OH is 1. The molecule has 1 heterocycles. The maximum absolute atomic E-state index is 9.50. The molecule has 3 aromatic rings. The zero-order chi connectivity index (χ0) is 15.0. The molecule has 0 saturated heterocycles. The average molecular weight is 341 g/mol. The molecule has 0 saturated carbocycles. The Hall–Kier alpha value is -1.19. The van der Waals surface area contributed by atoms with Gasteiger partial charge in [0.2, 0.25) is 0 Å². The van der Waals surface area contributed by atoms with Crippen molar-refractivity contribution in [2.45, 2.75) is 13.2 Å². The lowest BCUT2D eigenvalue weighted by molar-refractivity contribution is 0.283. The summed E-state index contributed by atoms with van der Waals surface area (Å²) in [6, 6.07) is 11.0. The number of nitrogens with zero attached hydrogens (tertiary/aromatic N) is 1. The number of rotatable bonds is 3. The van der Waals surface area contributed by atoms with Crippen LogP contribution in [0.4, 0.5) is 0 Å². The van der Waals surface area contributed by atoms with E-state index in [9.17, 15) is 5.11 Å². The Bertz CT molecular complexity index is 790. The topological polar surface area (TPSA) is 25.2 Å². The highest BCUT2D eigenvalue weighted by atomic mass is 35.5. The van der Waals surface area contributed by atoms with E-state index in [4.69, 9.17) is 34.8 Å². The molecular formula is C16H12Cl3NO. The van der Waals surface area contributed by atoms with Gasteiger partial charge in [0.1, 0.15) is 0 Å². The second-order valence-electron chi connectivity index (χ2n) is 4.80. The first-order valence-electron chi connectivity index (χ1n) is 6.41. The van der Waals surface area contributed by atoms with Crippen LogP contribution in [0, 0.1) is 0 Å². The van der Waals surface area contributed by atoms with Crippen LogP contribution in [0.15, 0.2) is 42.6 Å². The number of hydrogen-bond acceptors (Lipinski definition) is 1. The summed E-state index contributed by atoms with van der Waals surface area (Å²) >= 11 is 18.5. The number of benzene rings is 2. The van der Waals surface area contributed by atoms with Crippen molar-refractivity contribution in [2.24, 2.45) is 0 Å². The molecule has 0 bridgehead atoms. The summed E-state index contributed by atoms with van der Waals surface area (Å²) in [5.41, 5.74) is 2.65. The average Bonchev–Trinajstić information content (AvgIpc) is 2.80. The maximum atomic E-state index is 9.50. The van der Waals surface area contributed by atoms with Gasteiger partial charge in [0.25, 0.3) is 0 Å². The molecule has 0 atom stereocenters. The third-order valence-electron chi connectivity index (χ3n) is 3.49. The van der Waals surface area contributed by atoms with E-state index in [1.165, 1.54) is 0 Å². The standard InChI is InChI=1S/C16H12Cl3NO/c17-11-4-5-12-10(9-21)7-20(16(12)6-11)8-13-14(18)2-1-3-15(13)19/h1-7,21H,8-9H2. The molecule has 2 nitrogen and oxygen atoms in total. The third kappa shape index (κ3) is 2.77. The number of fused-ring (bicyclic) bond motifs is 1. The van der Waals surface area contributed by atoms with Crippen LogP contribution < -0.4 is 0 Å². The second kappa shape index (κ2) is 5.90. The van der Waals surface area contributed by atoms with E-state index in [1.807, 2.05) is 47.2 Å². The Morgan fingerprint density at radius 1 is 1.00 bits per heavy atom. The summed E-state index contributed by atoms with van der Waals surface area (Å²) < 4.78 is 2.00. The second-order valence-corrected chi connectivity index (χ2v) is 6.05. The Morgan fingerprint density at radius 2 is 1.71 bits per heavy atom. The van der Waals surface area contributed by atoms with Gasteiger partial charge in [-0.1, -0.05) is 46.9 Å². The van der Waals surface area contributed by atoms with E-state index in [0.29, 0.717) is 21.6 Å². The molecule has 0 fully saturated rings. The van der Waals surface area contributed by atoms with Crippen LogP contribution in [0.3, 0.4) is 0 Å². The highest BCUT2D eigenvalue weighted by Crippen LogP contribution is 2.29. The van der Waals surface area contributed by atoms with Crippen LogP contribution in [0.25, 0.3) is 10.9 Å². The van der Waals surface area contributed by atoms with Gasteiger partial charge in [0.15, 0.2) is 0 Å². The zero-order valence-electron chi connectivity index (χ0n) is 11.0. The van der Waals surface area contributed by atoms with Crippen molar-refractivity contribution >= 4 is 45.7 Å². The van der Waals surface area contributed by atoms with Crippen molar-refractivity contribution in [1.82, 2.24) is 4.57 Å². The zero-order valence-corrected chi connectivity index (χ0v) is 13.3. The van der Waals surface area contributed by atoms with Crippen molar-refractivity contribution in [3.8, 4) is 0 Å². The Kier molecular flexibility index (Phi) is 4.14. The van der Waals surface area contributed by atoms with Crippen LogP contribution in [0.5, 0.6) is 0 Å². The lowest BCUT2D eigenvalue weighted by atomic mass is 10.2. The quantitative estimate of drug-likeness (QED) is 0.701. The van der Waals surface area contributed by atoms with Gasteiger partial charge in [0, 0.05) is 37.8 Å². The summed E-state index contributed by atoms with van der Waals surface area (Å²) in [6.07, 6.45) is 1.90. The van der Waals surface area contributed by atoms with Crippen LogP contribution in [-0.4, -0.2) is 9.67 Å². The summed E-state index contributed by atoms with van der Waals surface area (Å²) in [6.45, 7) is 0.497. The molecule has 0 radical (unpaired) electrons. The fraction of sp³-hybridized carbons (Fsp3) is 0.125. The van der Waals surface area contributed by atoms with Crippen LogP contribution in [-0.2, 0) is 13.2 Å². The molecule has 21 heavy (non-hydrogen) atoms. The van der Waals surface area contributed by atoms with Crippen molar-refractivity contribution in [1.29, 1.82) is 0 Å². The first-order valence-corrected chi connectivity index (χ1v) is 7.54. The molecule has 0 aliphatic rings. The van der Waals surface area contributed by atoms with Crippen LogP contribution in [0.1, 0.15) is 11.1 Å². The highest BCUT2D eigenvalue weighted by molar-refractivity contribution is 6.36. The van der Waals surface area contributed by atoms with Crippen molar-refractivity contribution < 1.29 is 5.11 Å². The SMILES string of the molecule is OCc1cn(Cc2c(Cl)cccc2Cl)c2cc(Cl)ccc12. The molecule has 0 aliphatic carbocycles. The van der Waals surface area contributed by atoms with E-state index in [1.54, 1.807) is 0 Å². The summed E-state index contributed by atoms with van der Waals surface area (Å²) in [5.74, 6) is 0. The van der Waals surface area contributed by atoms with E-state index in [2.05, 4.69) is 0 Å². The van der Waals surface area contributed by atoms with E-state index >= 15 is 0 Å². The van der Waals surface area contributed by atoms with Gasteiger partial charge in [-0.05, 0) is 24.3 Å². The van der Waals surface area contributed by atoms with Gasteiger partial charge in [-0.15, -0.1) is 0 Å². The van der Waals surface area contributed by atoms with Gasteiger partial charge in [0.05, 0.1) is 18.7 Å². The Balaban J connectivity index is 2.14. The molecule has 5 heteroatoms. The molecule has 3 rings (SSSR count). The molecule has 2 aromatic carbocycles. The highest BCUT2D eigenvalue weighted by Gasteiger charge is 2.12. The number of hydrogen-bond donors (Lipinski definition) is 1. The maximum Gasteiger partial charge on any atom is 0.0702 e. The molecule has 1 aromatic heterocycles. The first kappa shape index (κ1) is 14.7. The largest absolute Gasteiger partial charge is 0.392 e. The normalized spacial score (nSPS) is 11.2. The molecule has 0 amide bonds. The number of aliphatic hydroxyl groups is 1. The van der Waals surface area contributed by atoms with E-state index < -0.39 is 0 Å². The minimum Gasteiger partial charge on any atom is -0.392 e. The fourth-order valence-corrected chi connectivity index (χ4v) is 3.14. The number of aromatic nitrogens is 1. The Labute approximate surface area is 137 Å². The first-order chi connectivity index (χ1) is 10.1. The van der Waals surface area contributed by atoms with Crippen molar-refractivity contribution in [3.05, 3.63) is 68.8 Å². The smallest absolute Gasteiger partial charge is 0.0702 e. The van der Waals surface area contributed by atoms with Crippen LogP contribution in [0.2, 0.25) is 15.1 Å². The molecule has 108 valence electrons. The van der Waals surface area contributed by atoms with Gasteiger partial charge in [-0.25, -0.2) is 0 Å². The van der Waals surface area contributed by atoms with E-state index in [0.717, 1.165) is 22.0 Å². The van der Waals surface area contributed by atoms with Crippen molar-refractivity contribution in [2.75, 3.05) is 0 Å².